The molecule has 2 rings (SSSR count). The molecule has 106 valence electrons. The fourth-order valence-electron chi connectivity index (χ4n) is 2.03. The van der Waals surface area contributed by atoms with E-state index in [0.717, 1.165) is 6.54 Å². The van der Waals surface area contributed by atoms with Gasteiger partial charge in [-0.1, -0.05) is 25.1 Å². The molecule has 4 heteroatoms. The third-order valence-corrected chi connectivity index (χ3v) is 3.19. The molecule has 0 aliphatic rings. The van der Waals surface area contributed by atoms with Crippen molar-refractivity contribution in [2.75, 3.05) is 6.54 Å². The van der Waals surface area contributed by atoms with E-state index in [1.807, 2.05) is 6.92 Å². The van der Waals surface area contributed by atoms with Gasteiger partial charge in [0.05, 0.1) is 5.56 Å². The molecule has 0 atom stereocenters. The van der Waals surface area contributed by atoms with Crippen LogP contribution in [0.3, 0.4) is 0 Å². The predicted molar refractivity (Wildman–Crippen MR) is 73.9 cm³/mol. The van der Waals surface area contributed by atoms with Crippen LogP contribution >= 0.6 is 0 Å². The van der Waals surface area contributed by atoms with Gasteiger partial charge in [-0.2, -0.15) is 0 Å². The minimum atomic E-state index is -0.688. The zero-order valence-electron chi connectivity index (χ0n) is 11.4. The highest BCUT2D eigenvalue weighted by Gasteiger charge is 2.15. The highest BCUT2D eigenvalue weighted by atomic mass is 19.1. The summed E-state index contributed by atoms with van der Waals surface area (Å²) in [6.07, 6.45) is 0. The number of hydrogen-bond donors (Lipinski definition) is 1. The number of benzene rings is 2. The molecule has 0 heterocycles. The van der Waals surface area contributed by atoms with Crippen LogP contribution < -0.4 is 5.32 Å². The van der Waals surface area contributed by atoms with E-state index in [0.29, 0.717) is 17.7 Å². The van der Waals surface area contributed by atoms with E-state index in [9.17, 15) is 13.2 Å². The number of nitrogens with one attached hydrogen (secondary N) is 1. The van der Waals surface area contributed by atoms with Crippen molar-refractivity contribution in [3.8, 4) is 11.1 Å². The third kappa shape index (κ3) is 2.85. The Kier molecular flexibility index (Phi) is 4.45. The molecule has 0 saturated carbocycles. The van der Waals surface area contributed by atoms with Gasteiger partial charge >= 0.3 is 0 Å². The molecular weight excluding hydrogens is 263 g/mol. The largest absolute Gasteiger partial charge is 0.313 e. The molecule has 1 nitrogen and oxygen atoms in total. The van der Waals surface area contributed by atoms with Gasteiger partial charge < -0.3 is 5.32 Å². The molecule has 0 aliphatic carbocycles. The van der Waals surface area contributed by atoms with Crippen LogP contribution in [0.5, 0.6) is 0 Å². The Morgan fingerprint density at radius 3 is 2.40 bits per heavy atom. The molecule has 0 spiro atoms. The van der Waals surface area contributed by atoms with Crippen LogP contribution in [-0.4, -0.2) is 6.54 Å². The van der Waals surface area contributed by atoms with Gasteiger partial charge in [-0.3, -0.25) is 0 Å². The van der Waals surface area contributed by atoms with Gasteiger partial charge in [0.2, 0.25) is 0 Å². The first kappa shape index (κ1) is 14.6. The lowest BCUT2D eigenvalue weighted by Gasteiger charge is -2.10. The summed E-state index contributed by atoms with van der Waals surface area (Å²) in [5, 5.41) is 3.01. The summed E-state index contributed by atoms with van der Waals surface area (Å²) in [6, 6.07) is 6.82. The molecular formula is C16H16F3N. The zero-order valence-corrected chi connectivity index (χ0v) is 11.4. The quantitative estimate of drug-likeness (QED) is 0.885. The monoisotopic (exact) mass is 279 g/mol. The van der Waals surface area contributed by atoms with E-state index >= 15 is 0 Å². The van der Waals surface area contributed by atoms with Crippen LogP contribution in [0, 0.1) is 24.4 Å². The van der Waals surface area contributed by atoms with Crippen LogP contribution in [0.2, 0.25) is 0 Å². The van der Waals surface area contributed by atoms with E-state index in [-0.39, 0.29) is 11.1 Å². The summed E-state index contributed by atoms with van der Waals surface area (Å²) < 4.78 is 41.7. The van der Waals surface area contributed by atoms with Crippen LogP contribution in [0.1, 0.15) is 18.1 Å². The van der Waals surface area contributed by atoms with Crippen LogP contribution in [0.15, 0.2) is 30.3 Å². The second-order valence-electron chi connectivity index (χ2n) is 4.64. The van der Waals surface area contributed by atoms with Crippen LogP contribution in [0.25, 0.3) is 11.1 Å². The third-order valence-electron chi connectivity index (χ3n) is 3.19. The van der Waals surface area contributed by atoms with Gasteiger partial charge in [-0.15, -0.1) is 0 Å². The van der Waals surface area contributed by atoms with Crippen molar-refractivity contribution >= 4 is 0 Å². The Balaban J connectivity index is 2.44. The summed E-state index contributed by atoms with van der Waals surface area (Å²) in [7, 11) is 0. The van der Waals surface area contributed by atoms with E-state index < -0.39 is 17.5 Å². The van der Waals surface area contributed by atoms with Gasteiger partial charge in [-0.25, -0.2) is 13.2 Å². The number of hydrogen-bond acceptors (Lipinski definition) is 1. The van der Waals surface area contributed by atoms with Gasteiger partial charge in [0, 0.05) is 12.1 Å². The molecule has 0 radical (unpaired) electrons. The van der Waals surface area contributed by atoms with E-state index in [4.69, 9.17) is 0 Å². The van der Waals surface area contributed by atoms with Gasteiger partial charge in [0.25, 0.3) is 0 Å². The summed E-state index contributed by atoms with van der Waals surface area (Å²) in [5.74, 6) is -1.81. The fraction of sp³-hybridized carbons (Fsp3) is 0.250. The zero-order chi connectivity index (χ0) is 14.7. The maximum Gasteiger partial charge on any atom is 0.136 e. The molecule has 2 aromatic carbocycles. The summed E-state index contributed by atoms with van der Waals surface area (Å²) >= 11 is 0. The van der Waals surface area contributed by atoms with Gasteiger partial charge in [-0.05, 0) is 36.7 Å². The van der Waals surface area contributed by atoms with E-state index in [1.165, 1.54) is 24.3 Å². The van der Waals surface area contributed by atoms with Crippen LogP contribution in [0.4, 0.5) is 13.2 Å². The van der Waals surface area contributed by atoms with Crippen LogP contribution in [-0.2, 0) is 6.54 Å². The predicted octanol–water partition coefficient (Wildman–Crippen LogP) is 4.19. The standard InChI is InChI=1S/C16H16F3N/c1-3-20-9-12-6-5-11(8-14(12)18)15-13(17)7-4-10(2)16(15)19/h4-8,20H,3,9H2,1-2H3. The molecule has 1 N–H and O–H groups in total. The number of rotatable bonds is 4. The molecule has 0 fully saturated rings. The topological polar surface area (TPSA) is 12.0 Å². The lowest BCUT2D eigenvalue weighted by molar-refractivity contribution is 0.580. The van der Waals surface area contributed by atoms with Crippen molar-refractivity contribution in [2.45, 2.75) is 20.4 Å². The van der Waals surface area contributed by atoms with Crippen molar-refractivity contribution in [3.63, 3.8) is 0 Å². The van der Waals surface area contributed by atoms with E-state index in [1.54, 1.807) is 13.0 Å². The molecule has 0 bridgehead atoms. The minimum Gasteiger partial charge on any atom is -0.313 e. The van der Waals surface area contributed by atoms with Crippen molar-refractivity contribution in [1.29, 1.82) is 0 Å². The van der Waals surface area contributed by atoms with E-state index in [2.05, 4.69) is 5.32 Å². The Morgan fingerprint density at radius 2 is 1.75 bits per heavy atom. The first-order valence-corrected chi connectivity index (χ1v) is 6.48. The Labute approximate surface area is 116 Å². The second kappa shape index (κ2) is 6.09. The number of aryl methyl sites for hydroxylation is 1. The van der Waals surface area contributed by atoms with Gasteiger partial charge in [0.1, 0.15) is 17.5 Å². The first-order valence-electron chi connectivity index (χ1n) is 6.48. The molecule has 0 unspecified atom stereocenters. The Hall–Kier alpha value is -1.81. The maximum absolute atomic E-state index is 14.0. The second-order valence-corrected chi connectivity index (χ2v) is 4.64. The summed E-state index contributed by atoms with van der Waals surface area (Å²) in [5.41, 5.74) is 0.836. The Bertz CT molecular complexity index is 623. The molecule has 20 heavy (non-hydrogen) atoms. The first-order chi connectivity index (χ1) is 9.54. The molecule has 0 aromatic heterocycles. The minimum absolute atomic E-state index is 0.182. The van der Waals surface area contributed by atoms with Crippen molar-refractivity contribution in [2.24, 2.45) is 0 Å². The lowest BCUT2D eigenvalue weighted by Crippen LogP contribution is -2.12. The SMILES string of the molecule is CCNCc1ccc(-c2c(F)ccc(C)c2F)cc1F. The normalized spacial score (nSPS) is 10.8. The highest BCUT2D eigenvalue weighted by Crippen LogP contribution is 2.29. The maximum atomic E-state index is 14.0. The fourth-order valence-corrected chi connectivity index (χ4v) is 2.03. The highest BCUT2D eigenvalue weighted by molar-refractivity contribution is 5.66. The van der Waals surface area contributed by atoms with Gasteiger partial charge in [0.15, 0.2) is 0 Å². The number of halogens is 3. The molecule has 2 aromatic rings. The smallest absolute Gasteiger partial charge is 0.136 e. The van der Waals surface area contributed by atoms with Crippen molar-refractivity contribution in [3.05, 3.63) is 58.9 Å². The Morgan fingerprint density at radius 1 is 1.00 bits per heavy atom. The van der Waals surface area contributed by atoms with Crippen molar-refractivity contribution in [1.82, 2.24) is 5.32 Å². The van der Waals surface area contributed by atoms with Crippen molar-refractivity contribution < 1.29 is 13.2 Å². The average molecular weight is 279 g/mol. The molecule has 0 amide bonds. The summed E-state index contributed by atoms with van der Waals surface area (Å²) in [6.45, 7) is 4.58. The lowest BCUT2D eigenvalue weighted by atomic mass is 10.00. The molecule has 0 saturated heterocycles. The molecule has 0 aliphatic heterocycles. The average Bonchev–Trinajstić information content (AvgIpc) is 2.42. The summed E-state index contributed by atoms with van der Waals surface area (Å²) in [4.78, 5) is 0.